The van der Waals surface area contributed by atoms with E-state index in [1.54, 1.807) is 0 Å². The summed E-state index contributed by atoms with van der Waals surface area (Å²) in [6.07, 6.45) is 3.56. The lowest BCUT2D eigenvalue weighted by Gasteiger charge is -2.14. The standard InChI is InChI=1S/C12H16BrN/c1-8-2-3-9-4-5-10(13)7-11(9)12(14)6-8/h4-5,7-8,12H,2-3,6,14H2,1H3. The fourth-order valence-electron chi connectivity index (χ4n) is 2.22. The van der Waals surface area contributed by atoms with Crippen LogP contribution in [0.4, 0.5) is 0 Å². The Morgan fingerprint density at radius 2 is 2.21 bits per heavy atom. The van der Waals surface area contributed by atoms with Gasteiger partial charge in [-0.1, -0.05) is 28.9 Å². The predicted molar refractivity (Wildman–Crippen MR) is 63.2 cm³/mol. The second kappa shape index (κ2) is 4.03. The van der Waals surface area contributed by atoms with Crippen molar-refractivity contribution in [3.8, 4) is 0 Å². The molecule has 2 N–H and O–H groups in total. The maximum atomic E-state index is 6.18. The third-order valence-corrected chi connectivity index (χ3v) is 3.56. The highest BCUT2D eigenvalue weighted by atomic mass is 79.9. The molecule has 1 nitrogen and oxygen atoms in total. The molecule has 1 aromatic carbocycles. The molecule has 1 aromatic rings. The second-order valence-electron chi connectivity index (χ2n) is 4.33. The molecule has 14 heavy (non-hydrogen) atoms. The Bertz CT molecular complexity index is 335. The summed E-state index contributed by atoms with van der Waals surface area (Å²) < 4.78 is 1.14. The number of fused-ring (bicyclic) bond motifs is 1. The van der Waals surface area contributed by atoms with Crippen LogP contribution in [0, 0.1) is 5.92 Å². The normalized spacial score (nSPS) is 26.8. The summed E-state index contributed by atoms with van der Waals surface area (Å²) in [5.74, 6) is 0.746. The molecule has 0 amide bonds. The number of hydrogen-bond donors (Lipinski definition) is 1. The molecule has 76 valence electrons. The van der Waals surface area contributed by atoms with Gasteiger partial charge in [-0.25, -0.2) is 0 Å². The van der Waals surface area contributed by atoms with Gasteiger partial charge < -0.3 is 5.73 Å². The highest BCUT2D eigenvalue weighted by molar-refractivity contribution is 9.10. The minimum atomic E-state index is 0.222. The molecule has 0 fully saturated rings. The molecule has 1 aliphatic carbocycles. The van der Waals surface area contributed by atoms with E-state index in [1.807, 2.05) is 0 Å². The zero-order valence-corrected chi connectivity index (χ0v) is 10.0. The third-order valence-electron chi connectivity index (χ3n) is 3.07. The summed E-state index contributed by atoms with van der Waals surface area (Å²) in [5, 5.41) is 0. The molecular weight excluding hydrogens is 238 g/mol. The Morgan fingerprint density at radius 3 is 3.00 bits per heavy atom. The van der Waals surface area contributed by atoms with Crippen LogP contribution < -0.4 is 5.73 Å². The van der Waals surface area contributed by atoms with Gasteiger partial charge in [0.15, 0.2) is 0 Å². The molecule has 2 unspecified atom stereocenters. The van der Waals surface area contributed by atoms with Gasteiger partial charge in [-0.15, -0.1) is 0 Å². The summed E-state index contributed by atoms with van der Waals surface area (Å²) in [6.45, 7) is 2.29. The van der Waals surface area contributed by atoms with Crippen LogP contribution in [0.1, 0.15) is 36.9 Å². The van der Waals surface area contributed by atoms with Gasteiger partial charge in [0.2, 0.25) is 0 Å². The lowest BCUT2D eigenvalue weighted by molar-refractivity contribution is 0.464. The van der Waals surface area contributed by atoms with Crippen LogP contribution in [-0.2, 0) is 6.42 Å². The molecule has 0 heterocycles. The van der Waals surface area contributed by atoms with E-state index in [-0.39, 0.29) is 6.04 Å². The van der Waals surface area contributed by atoms with Crippen LogP contribution in [0.15, 0.2) is 22.7 Å². The lowest BCUT2D eigenvalue weighted by atomic mass is 9.98. The first-order chi connectivity index (χ1) is 6.66. The zero-order chi connectivity index (χ0) is 10.1. The number of benzene rings is 1. The van der Waals surface area contributed by atoms with Crippen molar-refractivity contribution in [2.24, 2.45) is 11.7 Å². The monoisotopic (exact) mass is 253 g/mol. The average Bonchev–Trinajstić information content (AvgIpc) is 2.27. The minimum Gasteiger partial charge on any atom is -0.324 e. The molecule has 2 heteroatoms. The molecule has 0 radical (unpaired) electrons. The fourth-order valence-corrected chi connectivity index (χ4v) is 2.60. The Kier molecular flexibility index (Phi) is 2.93. The van der Waals surface area contributed by atoms with Gasteiger partial charge in [0.1, 0.15) is 0 Å². The first kappa shape index (κ1) is 10.2. The minimum absolute atomic E-state index is 0.222. The van der Waals surface area contributed by atoms with Gasteiger partial charge in [-0.3, -0.25) is 0 Å². The van der Waals surface area contributed by atoms with Gasteiger partial charge in [-0.05, 0) is 48.4 Å². The quantitative estimate of drug-likeness (QED) is 0.705. The highest BCUT2D eigenvalue weighted by Gasteiger charge is 2.19. The Hall–Kier alpha value is -0.340. The van der Waals surface area contributed by atoms with Crippen molar-refractivity contribution in [2.45, 2.75) is 32.2 Å². The van der Waals surface area contributed by atoms with Crippen molar-refractivity contribution >= 4 is 15.9 Å². The van der Waals surface area contributed by atoms with Gasteiger partial charge in [0.25, 0.3) is 0 Å². The molecule has 1 aliphatic rings. The van der Waals surface area contributed by atoms with Gasteiger partial charge >= 0.3 is 0 Å². The smallest absolute Gasteiger partial charge is 0.0300 e. The van der Waals surface area contributed by atoms with Crippen LogP contribution in [0.5, 0.6) is 0 Å². The molecule has 0 spiro atoms. The lowest BCUT2D eigenvalue weighted by Crippen LogP contribution is -2.12. The Labute approximate surface area is 93.8 Å². The van der Waals surface area contributed by atoms with Crippen LogP contribution in [0.25, 0.3) is 0 Å². The van der Waals surface area contributed by atoms with Crippen molar-refractivity contribution < 1.29 is 0 Å². The number of rotatable bonds is 0. The molecule has 0 saturated heterocycles. The van der Waals surface area contributed by atoms with E-state index in [0.717, 1.165) is 16.8 Å². The van der Waals surface area contributed by atoms with Gasteiger partial charge in [0.05, 0.1) is 0 Å². The number of halogens is 1. The second-order valence-corrected chi connectivity index (χ2v) is 5.24. The highest BCUT2D eigenvalue weighted by Crippen LogP contribution is 2.31. The van der Waals surface area contributed by atoms with E-state index < -0.39 is 0 Å². The number of aryl methyl sites for hydroxylation is 1. The summed E-state index contributed by atoms with van der Waals surface area (Å²) >= 11 is 3.50. The molecule has 0 bridgehead atoms. The Balaban J connectivity index is 2.39. The van der Waals surface area contributed by atoms with E-state index >= 15 is 0 Å². The molecule has 2 atom stereocenters. The summed E-state index contributed by atoms with van der Waals surface area (Å²) in [4.78, 5) is 0. The summed E-state index contributed by atoms with van der Waals surface area (Å²) in [6, 6.07) is 6.72. The van der Waals surface area contributed by atoms with E-state index in [0.29, 0.717) is 0 Å². The van der Waals surface area contributed by atoms with Crippen molar-refractivity contribution in [1.29, 1.82) is 0 Å². The van der Waals surface area contributed by atoms with Crippen LogP contribution in [-0.4, -0.2) is 0 Å². The fraction of sp³-hybridized carbons (Fsp3) is 0.500. The molecule has 2 rings (SSSR count). The molecule has 0 aliphatic heterocycles. The average molecular weight is 254 g/mol. The maximum Gasteiger partial charge on any atom is 0.0300 e. The Morgan fingerprint density at radius 1 is 1.43 bits per heavy atom. The zero-order valence-electron chi connectivity index (χ0n) is 8.46. The van der Waals surface area contributed by atoms with E-state index in [1.165, 1.54) is 24.0 Å². The van der Waals surface area contributed by atoms with E-state index in [4.69, 9.17) is 5.73 Å². The first-order valence-electron chi connectivity index (χ1n) is 5.20. The van der Waals surface area contributed by atoms with Crippen LogP contribution >= 0.6 is 15.9 Å². The van der Waals surface area contributed by atoms with Gasteiger partial charge in [0, 0.05) is 10.5 Å². The van der Waals surface area contributed by atoms with Crippen molar-refractivity contribution in [3.05, 3.63) is 33.8 Å². The summed E-state index contributed by atoms with van der Waals surface area (Å²) in [5.41, 5.74) is 8.96. The van der Waals surface area contributed by atoms with E-state index in [2.05, 4.69) is 41.1 Å². The van der Waals surface area contributed by atoms with Gasteiger partial charge in [-0.2, -0.15) is 0 Å². The van der Waals surface area contributed by atoms with E-state index in [9.17, 15) is 0 Å². The maximum absolute atomic E-state index is 6.18. The van der Waals surface area contributed by atoms with Crippen molar-refractivity contribution in [1.82, 2.24) is 0 Å². The van der Waals surface area contributed by atoms with Crippen LogP contribution in [0.2, 0.25) is 0 Å². The van der Waals surface area contributed by atoms with Crippen molar-refractivity contribution in [3.63, 3.8) is 0 Å². The number of hydrogen-bond acceptors (Lipinski definition) is 1. The summed E-state index contributed by atoms with van der Waals surface area (Å²) in [7, 11) is 0. The molecule has 0 saturated carbocycles. The first-order valence-corrected chi connectivity index (χ1v) is 6.00. The topological polar surface area (TPSA) is 26.0 Å². The van der Waals surface area contributed by atoms with Crippen LogP contribution in [0.3, 0.4) is 0 Å². The SMILES string of the molecule is CC1CCc2ccc(Br)cc2C(N)C1. The predicted octanol–water partition coefficient (Wildman–Crippen LogP) is 3.42. The largest absolute Gasteiger partial charge is 0.324 e. The number of nitrogens with two attached hydrogens (primary N) is 1. The van der Waals surface area contributed by atoms with Crippen molar-refractivity contribution in [2.75, 3.05) is 0 Å². The third kappa shape index (κ3) is 2.01. The molecule has 0 aromatic heterocycles. The molecular formula is C12H16BrN.